The Kier molecular flexibility index (Phi) is 5.45. The van der Waals surface area contributed by atoms with Crippen molar-refractivity contribution >= 4 is 29.2 Å². The highest BCUT2D eigenvalue weighted by atomic mass is 35.5. The maximum Gasteiger partial charge on any atom is 0.377 e. The van der Waals surface area contributed by atoms with Gasteiger partial charge in [0, 0.05) is 11.7 Å². The summed E-state index contributed by atoms with van der Waals surface area (Å²) in [7, 11) is 0. The van der Waals surface area contributed by atoms with Gasteiger partial charge in [-0.25, -0.2) is 9.59 Å². The number of nitrogens with zero attached hydrogens (tertiary/aromatic N) is 5. The second-order valence-electron chi connectivity index (χ2n) is 5.94. The molecular weight excluding hydrogens is 381 g/mol. The SMILES string of the molecule is CC(C)N(C(=O)n1nnn(-c2c(Cl)cccc2Cl)c1=O)C1=CCCOC1. The molecule has 0 N–H and O–H groups in total. The fourth-order valence-electron chi connectivity index (χ4n) is 2.69. The number of aromatic nitrogens is 4. The summed E-state index contributed by atoms with van der Waals surface area (Å²) < 4.78 is 7.01. The molecule has 0 bridgehead atoms. The molecule has 26 heavy (non-hydrogen) atoms. The Bertz CT molecular complexity index is 899. The van der Waals surface area contributed by atoms with Crippen LogP contribution in [0.3, 0.4) is 0 Å². The van der Waals surface area contributed by atoms with E-state index in [-0.39, 0.29) is 21.8 Å². The molecular formula is C16H17Cl2N5O3. The van der Waals surface area contributed by atoms with Gasteiger partial charge >= 0.3 is 11.7 Å². The van der Waals surface area contributed by atoms with Gasteiger partial charge < -0.3 is 4.74 Å². The van der Waals surface area contributed by atoms with E-state index in [2.05, 4.69) is 10.4 Å². The minimum absolute atomic E-state index is 0.177. The van der Waals surface area contributed by atoms with Crippen LogP contribution in [0.15, 0.2) is 34.8 Å². The zero-order valence-corrected chi connectivity index (χ0v) is 15.7. The smallest absolute Gasteiger partial charge is 0.375 e. The second kappa shape index (κ2) is 7.61. The lowest BCUT2D eigenvalue weighted by atomic mass is 10.2. The summed E-state index contributed by atoms with van der Waals surface area (Å²) >= 11 is 12.2. The molecule has 0 atom stereocenters. The average molecular weight is 398 g/mol. The maximum absolute atomic E-state index is 12.9. The fraction of sp³-hybridized carbons (Fsp3) is 0.375. The first-order valence-electron chi connectivity index (χ1n) is 8.01. The Labute approximate surface area is 159 Å². The summed E-state index contributed by atoms with van der Waals surface area (Å²) in [6.07, 6.45) is 2.62. The van der Waals surface area contributed by atoms with Gasteiger partial charge in [0.1, 0.15) is 5.69 Å². The molecule has 0 saturated carbocycles. The minimum Gasteiger partial charge on any atom is -0.375 e. The van der Waals surface area contributed by atoms with E-state index in [4.69, 9.17) is 27.9 Å². The highest BCUT2D eigenvalue weighted by molar-refractivity contribution is 6.37. The number of benzene rings is 1. The van der Waals surface area contributed by atoms with Crippen LogP contribution in [0, 0.1) is 0 Å². The molecule has 10 heteroatoms. The zero-order valence-electron chi connectivity index (χ0n) is 14.2. The van der Waals surface area contributed by atoms with Crippen LogP contribution in [0.4, 0.5) is 4.79 Å². The number of amides is 1. The number of para-hydroxylation sites is 1. The van der Waals surface area contributed by atoms with Crippen LogP contribution in [0.25, 0.3) is 5.69 Å². The Morgan fingerprint density at radius 1 is 1.27 bits per heavy atom. The van der Waals surface area contributed by atoms with Crippen LogP contribution in [-0.2, 0) is 4.74 Å². The van der Waals surface area contributed by atoms with Gasteiger partial charge in [-0.15, -0.1) is 4.68 Å². The lowest BCUT2D eigenvalue weighted by Crippen LogP contribution is -2.45. The highest BCUT2D eigenvalue weighted by Gasteiger charge is 2.28. The first-order chi connectivity index (χ1) is 12.4. The molecule has 3 rings (SSSR count). The normalized spacial score (nSPS) is 14.4. The van der Waals surface area contributed by atoms with E-state index in [0.717, 1.165) is 4.68 Å². The number of halogens is 2. The molecule has 2 aromatic rings. The molecule has 0 aliphatic carbocycles. The Morgan fingerprint density at radius 2 is 1.96 bits per heavy atom. The summed E-state index contributed by atoms with van der Waals surface area (Å²) in [5, 5.41) is 7.93. The monoisotopic (exact) mass is 397 g/mol. The summed E-state index contributed by atoms with van der Waals surface area (Å²) in [6.45, 7) is 4.58. The number of carbonyl (C=O) groups excluding carboxylic acids is 1. The molecule has 1 amide bonds. The van der Waals surface area contributed by atoms with E-state index in [9.17, 15) is 9.59 Å². The molecule has 1 aromatic carbocycles. The summed E-state index contributed by atoms with van der Waals surface area (Å²) in [4.78, 5) is 27.1. The van der Waals surface area contributed by atoms with Gasteiger partial charge in [0.25, 0.3) is 0 Å². The molecule has 0 spiro atoms. The molecule has 1 aliphatic rings. The molecule has 2 heterocycles. The Hall–Kier alpha value is -2.16. The van der Waals surface area contributed by atoms with Crippen LogP contribution in [0.1, 0.15) is 20.3 Å². The largest absolute Gasteiger partial charge is 0.377 e. The van der Waals surface area contributed by atoms with Crippen molar-refractivity contribution in [2.24, 2.45) is 0 Å². The number of hydrogen-bond donors (Lipinski definition) is 0. The van der Waals surface area contributed by atoms with Crippen LogP contribution in [0.2, 0.25) is 10.0 Å². The van der Waals surface area contributed by atoms with E-state index >= 15 is 0 Å². The second-order valence-corrected chi connectivity index (χ2v) is 6.75. The number of tetrazole rings is 1. The lowest BCUT2D eigenvalue weighted by Gasteiger charge is -2.29. The van der Waals surface area contributed by atoms with Crippen molar-refractivity contribution < 1.29 is 9.53 Å². The standard InChI is InChI=1S/C16H17Cl2N5O3/c1-10(2)21(11-5-4-8-26-9-11)15(24)23-16(25)22(19-20-23)14-12(17)6-3-7-13(14)18/h3,5-7,10H,4,8-9H2,1-2H3. The van der Waals surface area contributed by atoms with Gasteiger partial charge in [-0.3, -0.25) is 4.90 Å². The lowest BCUT2D eigenvalue weighted by molar-refractivity contribution is 0.119. The van der Waals surface area contributed by atoms with Crippen molar-refractivity contribution in [2.75, 3.05) is 13.2 Å². The van der Waals surface area contributed by atoms with Gasteiger partial charge in [0.2, 0.25) is 0 Å². The van der Waals surface area contributed by atoms with Gasteiger partial charge in [0.05, 0.1) is 23.3 Å². The van der Waals surface area contributed by atoms with Gasteiger partial charge in [0.15, 0.2) is 0 Å². The number of ether oxygens (including phenoxy) is 1. The molecule has 1 aliphatic heterocycles. The molecule has 0 radical (unpaired) electrons. The topological polar surface area (TPSA) is 82.3 Å². The van der Waals surface area contributed by atoms with Gasteiger partial charge in [-0.05, 0) is 42.8 Å². The number of rotatable bonds is 3. The quantitative estimate of drug-likeness (QED) is 0.743. The molecule has 0 unspecified atom stereocenters. The molecule has 0 saturated heterocycles. The van der Waals surface area contributed by atoms with Crippen LogP contribution in [0.5, 0.6) is 0 Å². The predicted octanol–water partition coefficient (Wildman–Crippen LogP) is 2.72. The van der Waals surface area contributed by atoms with E-state index < -0.39 is 11.7 Å². The summed E-state index contributed by atoms with van der Waals surface area (Å²) in [5.41, 5.74) is 0.109. The van der Waals surface area contributed by atoms with Crippen molar-refractivity contribution in [1.29, 1.82) is 0 Å². The van der Waals surface area contributed by atoms with Crippen molar-refractivity contribution in [3.05, 3.63) is 50.5 Å². The Morgan fingerprint density at radius 3 is 2.54 bits per heavy atom. The molecule has 0 fully saturated rings. The third-order valence-corrected chi connectivity index (χ3v) is 4.45. The number of hydrogen-bond acceptors (Lipinski definition) is 5. The molecule has 138 valence electrons. The summed E-state index contributed by atoms with van der Waals surface area (Å²) in [5.74, 6) is 0. The maximum atomic E-state index is 12.9. The van der Waals surface area contributed by atoms with Crippen LogP contribution in [-0.4, -0.2) is 50.0 Å². The van der Waals surface area contributed by atoms with Crippen molar-refractivity contribution in [2.45, 2.75) is 26.3 Å². The van der Waals surface area contributed by atoms with Crippen LogP contribution >= 0.6 is 23.2 Å². The first-order valence-corrected chi connectivity index (χ1v) is 8.77. The van der Waals surface area contributed by atoms with E-state index in [1.165, 1.54) is 4.90 Å². The highest BCUT2D eigenvalue weighted by Crippen LogP contribution is 2.26. The predicted molar refractivity (Wildman–Crippen MR) is 96.9 cm³/mol. The van der Waals surface area contributed by atoms with Crippen molar-refractivity contribution in [3.8, 4) is 5.69 Å². The van der Waals surface area contributed by atoms with Crippen molar-refractivity contribution in [1.82, 2.24) is 24.7 Å². The third-order valence-electron chi connectivity index (χ3n) is 3.84. The van der Waals surface area contributed by atoms with Gasteiger partial charge in [-0.1, -0.05) is 35.3 Å². The van der Waals surface area contributed by atoms with E-state index in [1.54, 1.807) is 18.2 Å². The fourth-order valence-corrected chi connectivity index (χ4v) is 3.25. The number of carbonyl (C=O) groups is 1. The van der Waals surface area contributed by atoms with Gasteiger partial charge in [-0.2, -0.15) is 4.68 Å². The summed E-state index contributed by atoms with van der Waals surface area (Å²) in [6, 6.07) is 3.97. The average Bonchev–Trinajstić information content (AvgIpc) is 2.97. The minimum atomic E-state index is -0.757. The Balaban J connectivity index is 2.02. The van der Waals surface area contributed by atoms with Crippen molar-refractivity contribution in [3.63, 3.8) is 0 Å². The zero-order chi connectivity index (χ0) is 18.8. The van der Waals surface area contributed by atoms with Crippen LogP contribution < -0.4 is 5.69 Å². The molecule has 1 aromatic heterocycles. The van der Waals surface area contributed by atoms with E-state index in [0.29, 0.717) is 30.0 Å². The third kappa shape index (κ3) is 3.40. The van der Waals surface area contributed by atoms with E-state index in [1.807, 2.05) is 19.9 Å². The molecule has 8 nitrogen and oxygen atoms in total. The first kappa shape index (κ1) is 18.6.